The van der Waals surface area contributed by atoms with Crippen molar-refractivity contribution < 1.29 is 22.0 Å². The first-order chi connectivity index (χ1) is 9.32. The van der Waals surface area contributed by atoms with Crippen LogP contribution in [-0.4, -0.2) is 0 Å². The molecule has 0 fully saturated rings. The van der Waals surface area contributed by atoms with Gasteiger partial charge in [-0.1, -0.05) is 33.6 Å². The van der Waals surface area contributed by atoms with Crippen molar-refractivity contribution in [3.05, 3.63) is 69.5 Å². The fraction of sp³-hybridized carbons (Fsp3) is 0.0769. The van der Waals surface area contributed by atoms with Crippen LogP contribution in [0.3, 0.4) is 0 Å². The number of alkyl halides is 1. The number of halogens is 7. The van der Waals surface area contributed by atoms with Crippen LogP contribution in [0.1, 0.15) is 16.0 Å². The smallest absolute Gasteiger partial charge is 0.194 e. The molecule has 0 amide bonds. The van der Waals surface area contributed by atoms with Crippen molar-refractivity contribution in [2.75, 3.05) is 0 Å². The van der Waals surface area contributed by atoms with Gasteiger partial charge in [-0.2, -0.15) is 0 Å². The number of hydrogen-bond donors (Lipinski definition) is 0. The van der Waals surface area contributed by atoms with Crippen molar-refractivity contribution in [1.82, 2.24) is 0 Å². The van der Waals surface area contributed by atoms with Gasteiger partial charge in [0.15, 0.2) is 29.1 Å². The van der Waals surface area contributed by atoms with E-state index in [1.54, 1.807) is 0 Å². The van der Waals surface area contributed by atoms with Gasteiger partial charge in [0.05, 0.1) is 4.83 Å². The highest BCUT2D eigenvalue weighted by Gasteiger charge is 2.23. The molecule has 0 N–H and O–H groups in total. The quantitative estimate of drug-likeness (QED) is 0.282. The van der Waals surface area contributed by atoms with Crippen LogP contribution >= 0.6 is 27.5 Å². The van der Waals surface area contributed by atoms with E-state index >= 15 is 0 Å². The largest absolute Gasteiger partial charge is 0.204 e. The molecule has 2 aromatic rings. The average molecular weight is 372 g/mol. The van der Waals surface area contributed by atoms with Gasteiger partial charge in [-0.3, -0.25) is 0 Å². The molecule has 20 heavy (non-hydrogen) atoms. The van der Waals surface area contributed by atoms with Crippen molar-refractivity contribution in [3.63, 3.8) is 0 Å². The molecule has 0 nitrogen and oxygen atoms in total. The van der Waals surface area contributed by atoms with Crippen molar-refractivity contribution in [1.29, 1.82) is 0 Å². The molecule has 0 bridgehead atoms. The molecule has 0 saturated carbocycles. The second-order valence-electron chi connectivity index (χ2n) is 3.91. The summed E-state index contributed by atoms with van der Waals surface area (Å²) >= 11 is 8.75. The monoisotopic (exact) mass is 370 g/mol. The summed E-state index contributed by atoms with van der Waals surface area (Å²) in [6, 6.07) is 3.20. The summed E-state index contributed by atoms with van der Waals surface area (Å²) in [4.78, 5) is -1.06. The van der Waals surface area contributed by atoms with Gasteiger partial charge in [-0.05, 0) is 23.8 Å². The third-order valence-corrected chi connectivity index (χ3v) is 3.96. The Morgan fingerprint density at radius 2 is 1.40 bits per heavy atom. The first-order valence-electron chi connectivity index (χ1n) is 5.24. The van der Waals surface area contributed by atoms with Gasteiger partial charge in [-0.15, -0.1) is 0 Å². The summed E-state index contributed by atoms with van der Waals surface area (Å²) in [6.45, 7) is 0. The van der Waals surface area contributed by atoms with Crippen LogP contribution in [0.5, 0.6) is 0 Å². The summed E-state index contributed by atoms with van der Waals surface area (Å²) in [5.41, 5.74) is -0.285. The fourth-order valence-electron chi connectivity index (χ4n) is 1.64. The summed E-state index contributed by atoms with van der Waals surface area (Å²) in [6.07, 6.45) is 0. The SMILES string of the molecule is Fc1cc(Cl)c(C(Br)c2ccc(F)c(F)c2F)cc1F. The number of hydrogen-bond acceptors (Lipinski definition) is 0. The Bertz CT molecular complexity index is 672. The highest BCUT2D eigenvalue weighted by molar-refractivity contribution is 9.09. The van der Waals surface area contributed by atoms with Gasteiger partial charge in [-0.25, -0.2) is 22.0 Å². The lowest BCUT2D eigenvalue weighted by molar-refractivity contribution is 0.442. The van der Waals surface area contributed by atoms with Crippen LogP contribution in [0.15, 0.2) is 24.3 Å². The van der Waals surface area contributed by atoms with E-state index in [0.717, 1.165) is 24.3 Å². The van der Waals surface area contributed by atoms with Gasteiger partial charge in [0, 0.05) is 10.6 Å². The molecule has 0 spiro atoms. The van der Waals surface area contributed by atoms with Crippen LogP contribution in [0, 0.1) is 29.1 Å². The van der Waals surface area contributed by atoms with E-state index in [2.05, 4.69) is 15.9 Å². The molecule has 1 unspecified atom stereocenters. The molecular weight excluding hydrogens is 366 g/mol. The second kappa shape index (κ2) is 5.69. The van der Waals surface area contributed by atoms with Crippen LogP contribution in [0.4, 0.5) is 22.0 Å². The van der Waals surface area contributed by atoms with Crippen molar-refractivity contribution in [3.8, 4) is 0 Å². The van der Waals surface area contributed by atoms with Gasteiger partial charge in [0.1, 0.15) is 0 Å². The third kappa shape index (κ3) is 2.67. The molecular formula is C13H5BrClF5. The molecule has 0 aliphatic carbocycles. The molecule has 0 saturated heterocycles. The Morgan fingerprint density at radius 3 is 2.05 bits per heavy atom. The van der Waals surface area contributed by atoms with Crippen molar-refractivity contribution in [2.45, 2.75) is 4.83 Å². The maximum atomic E-state index is 13.7. The number of benzene rings is 2. The second-order valence-corrected chi connectivity index (χ2v) is 5.24. The fourth-order valence-corrected chi connectivity index (χ4v) is 2.76. The molecule has 2 aromatic carbocycles. The zero-order chi connectivity index (χ0) is 15.0. The lowest BCUT2D eigenvalue weighted by Crippen LogP contribution is -2.03. The van der Waals surface area contributed by atoms with Crippen LogP contribution in [0.25, 0.3) is 0 Å². The highest BCUT2D eigenvalue weighted by atomic mass is 79.9. The summed E-state index contributed by atoms with van der Waals surface area (Å²) < 4.78 is 65.8. The molecule has 106 valence electrons. The molecule has 0 aromatic heterocycles. The molecule has 0 heterocycles. The predicted octanol–water partition coefficient (Wildman–Crippen LogP) is 5.52. The van der Waals surface area contributed by atoms with E-state index in [0.29, 0.717) is 0 Å². The zero-order valence-corrected chi connectivity index (χ0v) is 11.9. The van der Waals surface area contributed by atoms with Crippen LogP contribution in [0.2, 0.25) is 5.02 Å². The zero-order valence-electron chi connectivity index (χ0n) is 9.53. The Hall–Kier alpha value is -1.14. The van der Waals surface area contributed by atoms with Gasteiger partial charge >= 0.3 is 0 Å². The maximum absolute atomic E-state index is 13.7. The Morgan fingerprint density at radius 1 is 0.800 bits per heavy atom. The molecule has 0 aliphatic rings. The normalized spacial score (nSPS) is 12.6. The molecule has 0 radical (unpaired) electrons. The van der Waals surface area contributed by atoms with E-state index < -0.39 is 33.9 Å². The minimum atomic E-state index is -1.65. The topological polar surface area (TPSA) is 0 Å². The van der Waals surface area contributed by atoms with E-state index in [9.17, 15) is 22.0 Å². The van der Waals surface area contributed by atoms with Gasteiger partial charge in [0.25, 0.3) is 0 Å². The molecule has 7 heteroatoms. The number of rotatable bonds is 2. The van der Waals surface area contributed by atoms with Crippen molar-refractivity contribution >= 4 is 27.5 Å². The average Bonchev–Trinajstić information content (AvgIpc) is 2.40. The van der Waals surface area contributed by atoms with Crippen LogP contribution in [-0.2, 0) is 0 Å². The third-order valence-electron chi connectivity index (χ3n) is 2.65. The Kier molecular flexibility index (Phi) is 4.34. The van der Waals surface area contributed by atoms with E-state index in [-0.39, 0.29) is 16.1 Å². The minimum Gasteiger partial charge on any atom is -0.204 e. The summed E-state index contributed by atoms with van der Waals surface area (Å²) in [7, 11) is 0. The van der Waals surface area contributed by atoms with E-state index in [1.807, 2.05) is 0 Å². The molecule has 1 atom stereocenters. The van der Waals surface area contributed by atoms with Gasteiger partial charge < -0.3 is 0 Å². The van der Waals surface area contributed by atoms with E-state index in [4.69, 9.17) is 11.6 Å². The minimum absolute atomic E-state index is 0.00419. The van der Waals surface area contributed by atoms with Crippen LogP contribution < -0.4 is 0 Å². The standard InChI is InChI=1S/C13H5BrClF5/c14-11(5-1-2-8(16)13(20)12(5)19)6-3-9(17)10(18)4-7(6)15/h1-4,11H. The summed E-state index contributed by atoms with van der Waals surface area (Å²) in [5.74, 6) is -6.76. The Labute approximate surface area is 124 Å². The molecule has 2 rings (SSSR count). The highest BCUT2D eigenvalue weighted by Crippen LogP contribution is 2.38. The first kappa shape index (κ1) is 15.3. The van der Waals surface area contributed by atoms with E-state index in [1.165, 1.54) is 0 Å². The first-order valence-corrected chi connectivity index (χ1v) is 6.54. The lowest BCUT2D eigenvalue weighted by atomic mass is 10.0. The maximum Gasteiger partial charge on any atom is 0.194 e. The summed E-state index contributed by atoms with van der Waals surface area (Å²) in [5, 5.41) is -0.171. The predicted molar refractivity (Wildman–Crippen MR) is 68.5 cm³/mol. The Balaban J connectivity index is 2.55. The molecule has 0 aliphatic heterocycles. The van der Waals surface area contributed by atoms with Crippen molar-refractivity contribution in [2.24, 2.45) is 0 Å². The lowest BCUT2D eigenvalue weighted by Gasteiger charge is -2.14. The van der Waals surface area contributed by atoms with Gasteiger partial charge in [0.2, 0.25) is 0 Å².